The topological polar surface area (TPSA) is 78.2 Å². The molecule has 0 heterocycles. The molecule has 0 aliphatic rings. The minimum atomic E-state index is -1.14. The Morgan fingerprint density at radius 3 is 2.45 bits per heavy atom. The lowest BCUT2D eigenvalue weighted by Crippen LogP contribution is -2.37. The van der Waals surface area contributed by atoms with Crippen LogP contribution in [0, 0.1) is 6.92 Å². The number of hydrogen-bond donors (Lipinski definition) is 2. The van der Waals surface area contributed by atoms with Crippen molar-refractivity contribution in [3.63, 3.8) is 0 Å². The monoisotopic (exact) mass is 316 g/mol. The van der Waals surface area contributed by atoms with Crippen LogP contribution in [0.5, 0.6) is 0 Å². The van der Waals surface area contributed by atoms with Gasteiger partial charge >= 0.3 is 0 Å². The zero-order chi connectivity index (χ0) is 15.9. The van der Waals surface area contributed by atoms with E-state index in [0.29, 0.717) is 17.9 Å². The first kappa shape index (κ1) is 16.5. The first-order chi connectivity index (χ1) is 10.6. The Morgan fingerprint density at radius 2 is 1.82 bits per heavy atom. The van der Waals surface area contributed by atoms with E-state index in [1.807, 2.05) is 49.4 Å². The molecule has 0 bridgehead atoms. The van der Waals surface area contributed by atoms with Crippen molar-refractivity contribution in [2.45, 2.75) is 24.3 Å². The summed E-state index contributed by atoms with van der Waals surface area (Å²) in [6, 6.07) is 16.0. The van der Waals surface area contributed by atoms with Crippen LogP contribution in [-0.4, -0.2) is 22.3 Å². The van der Waals surface area contributed by atoms with Crippen molar-refractivity contribution in [2.75, 3.05) is 11.1 Å². The summed E-state index contributed by atoms with van der Waals surface area (Å²) in [7, 11) is 0. The molecule has 0 saturated heterocycles. The van der Waals surface area contributed by atoms with Gasteiger partial charge in [0.05, 0.1) is 6.04 Å². The molecule has 2 aromatic rings. The average Bonchev–Trinajstić information content (AvgIpc) is 2.53. The molecule has 116 valence electrons. The summed E-state index contributed by atoms with van der Waals surface area (Å²) >= 11 is -1.14. The molecule has 0 aliphatic heterocycles. The highest BCUT2D eigenvalue weighted by Crippen LogP contribution is 2.14. The third kappa shape index (κ3) is 4.87. The molecule has 0 aromatic heterocycles. The van der Waals surface area contributed by atoms with Crippen LogP contribution in [0.1, 0.15) is 12.0 Å². The molecule has 0 radical (unpaired) electrons. The van der Waals surface area contributed by atoms with Gasteiger partial charge in [0, 0.05) is 12.1 Å². The van der Waals surface area contributed by atoms with Crippen molar-refractivity contribution in [2.24, 2.45) is 5.73 Å². The number of benzene rings is 2. The second kappa shape index (κ2) is 7.98. The molecule has 2 unspecified atom stereocenters. The Hall–Kier alpha value is -1.82. The van der Waals surface area contributed by atoms with Crippen molar-refractivity contribution in [1.29, 1.82) is 0 Å². The molecule has 2 aromatic carbocycles. The summed E-state index contributed by atoms with van der Waals surface area (Å²) in [5.41, 5.74) is 7.70. The number of aryl methyl sites for hydroxylation is 1. The van der Waals surface area contributed by atoms with E-state index in [4.69, 9.17) is 5.73 Å². The maximum Gasteiger partial charge on any atom is 0.241 e. The van der Waals surface area contributed by atoms with Crippen molar-refractivity contribution in [3.8, 4) is 0 Å². The first-order valence-electron chi connectivity index (χ1n) is 7.13. The highest BCUT2D eigenvalue weighted by molar-refractivity contribution is 7.91. The molecule has 0 fully saturated rings. The third-order valence-electron chi connectivity index (χ3n) is 3.28. The maximum absolute atomic E-state index is 12.2. The number of carbonyl (C=O) groups excluding carboxylic acids is 1. The van der Waals surface area contributed by atoms with Gasteiger partial charge in [-0.1, -0.05) is 35.9 Å². The fourth-order valence-corrected chi connectivity index (χ4v) is 3.07. The molecule has 22 heavy (non-hydrogen) atoms. The second-order valence-corrected chi connectivity index (χ2v) is 6.68. The highest BCUT2D eigenvalue weighted by Gasteiger charge is 2.18. The molecule has 2 atom stereocenters. The van der Waals surface area contributed by atoms with Crippen LogP contribution in [0.3, 0.4) is 0 Å². The quantitative estimate of drug-likeness (QED) is 0.804. The molecule has 0 saturated carbocycles. The number of nitrogens with two attached hydrogens (primary N) is 1. The number of rotatable bonds is 6. The molecule has 5 heteroatoms. The zero-order valence-electron chi connectivity index (χ0n) is 12.5. The molecule has 1 amide bonds. The van der Waals surface area contributed by atoms with E-state index in [1.165, 1.54) is 0 Å². The second-order valence-electron chi connectivity index (χ2n) is 5.11. The van der Waals surface area contributed by atoms with Crippen molar-refractivity contribution >= 4 is 22.8 Å². The summed E-state index contributed by atoms with van der Waals surface area (Å²) in [4.78, 5) is 12.7. The van der Waals surface area contributed by atoms with E-state index in [1.54, 1.807) is 12.1 Å². The van der Waals surface area contributed by atoms with Gasteiger partial charge in [0.2, 0.25) is 5.91 Å². The van der Waals surface area contributed by atoms with E-state index < -0.39 is 17.2 Å². The largest absolute Gasteiger partial charge is 0.611 e. The molecule has 2 rings (SSSR count). The van der Waals surface area contributed by atoms with E-state index in [9.17, 15) is 9.35 Å². The molecule has 0 spiro atoms. The standard InChI is InChI=1S/C17H20N2O2S/c1-13-7-9-15(10-8-13)22(21)12-11-16(18)17(20)19-14-5-3-2-4-6-14/h2-10,16H,11-12,18H2,1H3,(H,19,20). The summed E-state index contributed by atoms with van der Waals surface area (Å²) in [6.07, 6.45) is 0.374. The van der Waals surface area contributed by atoms with Gasteiger partial charge in [-0.2, -0.15) is 0 Å². The van der Waals surface area contributed by atoms with Gasteiger partial charge in [0.25, 0.3) is 0 Å². The summed E-state index contributed by atoms with van der Waals surface area (Å²) < 4.78 is 12.2. The van der Waals surface area contributed by atoms with Gasteiger partial charge in [0.1, 0.15) is 5.75 Å². The molecule has 3 N–H and O–H groups in total. The maximum atomic E-state index is 12.2. The number of hydrogen-bond acceptors (Lipinski definition) is 3. The summed E-state index contributed by atoms with van der Waals surface area (Å²) in [6.45, 7) is 1.98. The van der Waals surface area contributed by atoms with Gasteiger partial charge in [-0.25, -0.2) is 0 Å². The van der Waals surface area contributed by atoms with E-state index in [0.717, 1.165) is 10.5 Å². The van der Waals surface area contributed by atoms with Crippen LogP contribution in [0.4, 0.5) is 5.69 Å². The lowest BCUT2D eigenvalue weighted by molar-refractivity contribution is -0.117. The van der Waals surface area contributed by atoms with Gasteiger partial charge in [-0.05, 0) is 42.4 Å². The summed E-state index contributed by atoms with van der Waals surface area (Å²) in [5, 5.41) is 2.75. The van der Waals surface area contributed by atoms with Crippen LogP contribution in [0.15, 0.2) is 59.5 Å². The number of nitrogens with one attached hydrogen (secondary N) is 1. The fraction of sp³-hybridized carbons (Fsp3) is 0.235. The van der Waals surface area contributed by atoms with Gasteiger partial charge < -0.3 is 15.6 Å². The Kier molecular flexibility index (Phi) is 6.00. The number of carbonyl (C=O) groups is 1. The predicted molar refractivity (Wildman–Crippen MR) is 90.1 cm³/mol. The lowest BCUT2D eigenvalue weighted by atomic mass is 10.2. The predicted octanol–water partition coefficient (Wildman–Crippen LogP) is 2.46. The molecular weight excluding hydrogens is 296 g/mol. The highest BCUT2D eigenvalue weighted by atomic mass is 32.2. The molecule has 4 nitrogen and oxygen atoms in total. The van der Waals surface area contributed by atoms with Crippen LogP contribution >= 0.6 is 0 Å². The fourth-order valence-electron chi connectivity index (χ4n) is 1.93. The van der Waals surface area contributed by atoms with Crippen molar-refractivity contribution < 1.29 is 9.35 Å². The van der Waals surface area contributed by atoms with Crippen molar-refractivity contribution in [1.82, 2.24) is 0 Å². The average molecular weight is 316 g/mol. The minimum Gasteiger partial charge on any atom is -0.611 e. The zero-order valence-corrected chi connectivity index (χ0v) is 13.3. The van der Waals surface area contributed by atoms with Gasteiger partial charge in [-0.3, -0.25) is 4.79 Å². The van der Waals surface area contributed by atoms with E-state index in [2.05, 4.69) is 5.32 Å². The van der Waals surface area contributed by atoms with Gasteiger partial charge in [0.15, 0.2) is 4.90 Å². The van der Waals surface area contributed by atoms with Crippen molar-refractivity contribution in [3.05, 3.63) is 60.2 Å². The van der Waals surface area contributed by atoms with Crippen LogP contribution < -0.4 is 11.1 Å². The van der Waals surface area contributed by atoms with Crippen LogP contribution in [-0.2, 0) is 16.0 Å². The van der Waals surface area contributed by atoms with E-state index >= 15 is 0 Å². The van der Waals surface area contributed by atoms with Crippen LogP contribution in [0.2, 0.25) is 0 Å². The number of anilines is 1. The minimum absolute atomic E-state index is 0.257. The van der Waals surface area contributed by atoms with Gasteiger partial charge in [-0.15, -0.1) is 0 Å². The molecular formula is C17H20N2O2S. The normalized spacial score (nSPS) is 13.4. The Balaban J connectivity index is 1.82. The van der Waals surface area contributed by atoms with Crippen LogP contribution in [0.25, 0.3) is 0 Å². The number of amides is 1. The first-order valence-corrected chi connectivity index (χ1v) is 8.44. The third-order valence-corrected chi connectivity index (χ3v) is 4.68. The molecule has 0 aliphatic carbocycles. The number of para-hydroxylation sites is 1. The lowest BCUT2D eigenvalue weighted by Gasteiger charge is -2.14. The van der Waals surface area contributed by atoms with E-state index in [-0.39, 0.29) is 5.91 Å². The Bertz CT molecular complexity index is 602. The summed E-state index contributed by atoms with van der Waals surface area (Å²) in [5.74, 6) is 0.110. The smallest absolute Gasteiger partial charge is 0.241 e. The Morgan fingerprint density at radius 1 is 1.18 bits per heavy atom. The Labute approximate surface area is 133 Å². The SMILES string of the molecule is Cc1ccc([S+]([O-])CCC(N)C(=O)Nc2ccccc2)cc1.